The van der Waals surface area contributed by atoms with Gasteiger partial charge in [0.2, 0.25) is 0 Å². The van der Waals surface area contributed by atoms with Crippen molar-refractivity contribution in [1.29, 1.82) is 0 Å². The first kappa shape index (κ1) is 21.8. The highest BCUT2D eigenvalue weighted by molar-refractivity contribution is 6.42. The fraction of sp³-hybridized carbons (Fsp3) is 0.391. The monoisotopic (exact) mass is 461 g/mol. The van der Waals surface area contributed by atoms with Crippen molar-refractivity contribution in [3.8, 4) is 0 Å². The van der Waals surface area contributed by atoms with E-state index >= 15 is 0 Å². The number of amides is 3. The summed E-state index contributed by atoms with van der Waals surface area (Å²) in [6.45, 7) is 4.58. The minimum atomic E-state index is -0.512. The number of nitrogens with zero attached hydrogens (tertiary/aromatic N) is 2. The molecule has 0 bridgehead atoms. The summed E-state index contributed by atoms with van der Waals surface area (Å²) in [5.74, 6) is 0. The zero-order chi connectivity index (χ0) is 22.0. The van der Waals surface area contributed by atoms with Crippen LogP contribution in [0.5, 0.6) is 0 Å². The molecule has 2 aromatic rings. The number of nitrogens with one attached hydrogen (secondary N) is 1. The molecular weight excluding hydrogens is 437 g/mol. The molecule has 2 heterocycles. The van der Waals surface area contributed by atoms with Gasteiger partial charge in [0.1, 0.15) is 5.60 Å². The van der Waals surface area contributed by atoms with Crippen LogP contribution in [0.15, 0.2) is 42.5 Å². The van der Waals surface area contributed by atoms with E-state index in [0.29, 0.717) is 55.6 Å². The third-order valence-corrected chi connectivity index (χ3v) is 6.66. The summed E-state index contributed by atoms with van der Waals surface area (Å²) in [5.41, 5.74) is 2.64. The van der Waals surface area contributed by atoms with Crippen LogP contribution in [0.1, 0.15) is 29.5 Å². The number of aryl methyl sites for hydroxylation is 1. The lowest BCUT2D eigenvalue weighted by Gasteiger charge is -2.37. The second-order valence-electron chi connectivity index (χ2n) is 8.29. The molecule has 164 valence electrons. The van der Waals surface area contributed by atoms with Gasteiger partial charge in [-0.05, 0) is 30.2 Å². The lowest BCUT2D eigenvalue weighted by atomic mass is 9.91. The SMILES string of the molecule is Cc1ccc(CN2CC3(CCN(C(=O)NCc4ccc(Cl)c(Cl)c4)CC3)OC2=O)cc1. The number of piperidine rings is 1. The maximum atomic E-state index is 12.6. The number of carbonyl (C=O) groups is 2. The van der Waals surface area contributed by atoms with E-state index in [9.17, 15) is 9.59 Å². The van der Waals surface area contributed by atoms with Gasteiger partial charge in [-0.25, -0.2) is 9.59 Å². The van der Waals surface area contributed by atoms with E-state index in [4.69, 9.17) is 27.9 Å². The topological polar surface area (TPSA) is 61.9 Å². The van der Waals surface area contributed by atoms with Gasteiger partial charge in [0.05, 0.1) is 16.6 Å². The van der Waals surface area contributed by atoms with Gasteiger partial charge in [0.25, 0.3) is 0 Å². The summed E-state index contributed by atoms with van der Waals surface area (Å²) in [4.78, 5) is 28.5. The van der Waals surface area contributed by atoms with Crippen molar-refractivity contribution < 1.29 is 14.3 Å². The van der Waals surface area contributed by atoms with Gasteiger partial charge < -0.3 is 15.0 Å². The number of hydrogen-bond donors (Lipinski definition) is 1. The van der Waals surface area contributed by atoms with Gasteiger partial charge in [0.15, 0.2) is 0 Å². The molecule has 2 aliphatic rings. The first-order chi connectivity index (χ1) is 14.8. The van der Waals surface area contributed by atoms with Gasteiger partial charge in [-0.1, -0.05) is 59.1 Å². The molecule has 0 aromatic heterocycles. The molecule has 0 aliphatic carbocycles. The number of hydrogen-bond acceptors (Lipinski definition) is 3. The van der Waals surface area contributed by atoms with Crippen LogP contribution in [0.4, 0.5) is 9.59 Å². The summed E-state index contributed by atoms with van der Waals surface area (Å²) < 4.78 is 5.78. The van der Waals surface area contributed by atoms with Crippen molar-refractivity contribution in [2.24, 2.45) is 0 Å². The Balaban J connectivity index is 1.28. The van der Waals surface area contributed by atoms with E-state index in [1.807, 2.05) is 37.3 Å². The molecule has 0 radical (unpaired) electrons. The number of carbonyl (C=O) groups excluding carboxylic acids is 2. The van der Waals surface area contributed by atoms with Crippen LogP contribution < -0.4 is 5.32 Å². The molecule has 3 amide bonds. The number of rotatable bonds is 4. The maximum Gasteiger partial charge on any atom is 0.410 e. The minimum absolute atomic E-state index is 0.137. The van der Waals surface area contributed by atoms with Crippen LogP contribution >= 0.6 is 23.2 Å². The van der Waals surface area contributed by atoms with E-state index in [1.54, 1.807) is 21.9 Å². The van der Waals surface area contributed by atoms with Crippen LogP contribution in [0.2, 0.25) is 10.0 Å². The number of urea groups is 1. The Morgan fingerprint density at radius 2 is 1.74 bits per heavy atom. The van der Waals surface area contributed by atoms with Crippen molar-refractivity contribution in [2.75, 3.05) is 19.6 Å². The van der Waals surface area contributed by atoms with Gasteiger partial charge in [-0.2, -0.15) is 0 Å². The molecule has 8 heteroatoms. The highest BCUT2D eigenvalue weighted by atomic mass is 35.5. The summed E-state index contributed by atoms with van der Waals surface area (Å²) in [6.07, 6.45) is 0.977. The van der Waals surface area contributed by atoms with E-state index < -0.39 is 5.60 Å². The Hall–Kier alpha value is -2.44. The van der Waals surface area contributed by atoms with Crippen LogP contribution in [0.25, 0.3) is 0 Å². The molecule has 2 aromatic carbocycles. The zero-order valence-corrected chi connectivity index (χ0v) is 18.9. The zero-order valence-electron chi connectivity index (χ0n) is 17.4. The molecule has 1 N–H and O–H groups in total. The van der Waals surface area contributed by atoms with Gasteiger partial charge >= 0.3 is 12.1 Å². The highest BCUT2D eigenvalue weighted by Gasteiger charge is 2.47. The van der Waals surface area contributed by atoms with E-state index in [1.165, 1.54) is 5.56 Å². The van der Waals surface area contributed by atoms with Crippen LogP contribution in [-0.4, -0.2) is 47.2 Å². The van der Waals surface area contributed by atoms with Gasteiger partial charge in [0, 0.05) is 39.0 Å². The number of ether oxygens (including phenoxy) is 1. The Kier molecular flexibility index (Phi) is 6.30. The molecule has 4 rings (SSSR count). The van der Waals surface area contributed by atoms with Crippen molar-refractivity contribution in [1.82, 2.24) is 15.1 Å². The minimum Gasteiger partial charge on any atom is -0.441 e. The Bertz CT molecular complexity index is 973. The summed E-state index contributed by atoms with van der Waals surface area (Å²) in [5, 5.41) is 3.87. The lowest BCUT2D eigenvalue weighted by molar-refractivity contribution is 0.00960. The summed E-state index contributed by atoms with van der Waals surface area (Å²) >= 11 is 12.0. The molecule has 6 nitrogen and oxygen atoms in total. The third-order valence-electron chi connectivity index (χ3n) is 5.92. The average Bonchev–Trinajstić information content (AvgIpc) is 3.05. The Labute approximate surface area is 192 Å². The molecule has 0 saturated carbocycles. The van der Waals surface area contributed by atoms with Crippen molar-refractivity contribution >= 4 is 35.3 Å². The predicted molar refractivity (Wildman–Crippen MR) is 120 cm³/mol. The smallest absolute Gasteiger partial charge is 0.410 e. The molecular formula is C23H25Cl2N3O3. The third kappa shape index (κ3) is 5.08. The standard InChI is InChI=1S/C23H25Cl2N3O3/c1-16-2-4-17(5-3-16)14-28-15-23(31-22(28)30)8-10-27(11-9-23)21(29)26-13-18-6-7-19(24)20(25)12-18/h2-7,12H,8-11,13-15H2,1H3,(H,26,29). The van der Waals surface area contributed by atoms with E-state index in [0.717, 1.165) is 11.1 Å². The van der Waals surface area contributed by atoms with Crippen LogP contribution in [0.3, 0.4) is 0 Å². The van der Waals surface area contributed by atoms with Crippen molar-refractivity contribution in [3.63, 3.8) is 0 Å². The fourth-order valence-electron chi connectivity index (χ4n) is 4.05. The second-order valence-corrected chi connectivity index (χ2v) is 9.10. The van der Waals surface area contributed by atoms with Crippen LogP contribution in [0, 0.1) is 6.92 Å². The van der Waals surface area contributed by atoms with E-state index in [-0.39, 0.29) is 12.1 Å². The summed E-state index contributed by atoms with van der Waals surface area (Å²) in [7, 11) is 0. The molecule has 1 spiro atoms. The number of likely N-dealkylation sites (tertiary alicyclic amines) is 1. The maximum absolute atomic E-state index is 12.6. The first-order valence-electron chi connectivity index (χ1n) is 10.3. The van der Waals surface area contributed by atoms with Gasteiger partial charge in [-0.3, -0.25) is 4.90 Å². The molecule has 0 atom stereocenters. The largest absolute Gasteiger partial charge is 0.441 e. The highest BCUT2D eigenvalue weighted by Crippen LogP contribution is 2.34. The average molecular weight is 462 g/mol. The quantitative estimate of drug-likeness (QED) is 0.696. The van der Waals surface area contributed by atoms with Crippen LogP contribution in [-0.2, 0) is 17.8 Å². The van der Waals surface area contributed by atoms with Crippen molar-refractivity contribution in [3.05, 3.63) is 69.2 Å². The molecule has 0 unspecified atom stereocenters. The lowest BCUT2D eigenvalue weighted by Crippen LogP contribution is -2.51. The molecule has 2 aliphatic heterocycles. The fourth-order valence-corrected chi connectivity index (χ4v) is 4.37. The molecule has 2 fully saturated rings. The Morgan fingerprint density at radius 1 is 1.06 bits per heavy atom. The number of halogens is 2. The van der Waals surface area contributed by atoms with E-state index in [2.05, 4.69) is 5.32 Å². The molecule has 2 saturated heterocycles. The number of benzene rings is 2. The molecule has 31 heavy (non-hydrogen) atoms. The predicted octanol–water partition coefficient (Wildman–Crippen LogP) is 5.00. The first-order valence-corrected chi connectivity index (χ1v) is 11.1. The Morgan fingerprint density at radius 3 is 2.42 bits per heavy atom. The van der Waals surface area contributed by atoms with Crippen molar-refractivity contribution in [2.45, 2.75) is 38.5 Å². The summed E-state index contributed by atoms with van der Waals surface area (Å²) in [6, 6.07) is 13.3. The second kappa shape index (κ2) is 8.97. The van der Waals surface area contributed by atoms with Gasteiger partial charge in [-0.15, -0.1) is 0 Å². The normalized spacial score (nSPS) is 17.7.